The van der Waals surface area contributed by atoms with Crippen LogP contribution in [0.25, 0.3) is 0 Å². The quantitative estimate of drug-likeness (QED) is 0.0474. The van der Waals surface area contributed by atoms with Gasteiger partial charge in [0.05, 0.1) is 22.9 Å². The minimum atomic E-state index is -2.32. The molecule has 0 nitrogen and oxygen atoms in total. The van der Waals surface area contributed by atoms with Gasteiger partial charge in [0.1, 0.15) is 35.7 Å². The fourth-order valence-corrected chi connectivity index (χ4v) is 58.5. The molecule has 10 heteroatoms. The van der Waals surface area contributed by atoms with Crippen molar-refractivity contribution in [3.05, 3.63) is 485 Å². The van der Waals surface area contributed by atoms with Crippen molar-refractivity contribution in [2.24, 2.45) is 0 Å². The molecule has 0 bridgehead atoms. The largest absolute Gasteiger partial charge is 1.00 e. The van der Waals surface area contributed by atoms with Crippen LogP contribution in [-0.4, -0.2) is 34.7 Å². The van der Waals surface area contributed by atoms with Crippen LogP contribution in [0.2, 0.25) is 0 Å². The second kappa shape index (κ2) is 40.3. The van der Waals surface area contributed by atoms with Crippen LogP contribution in [0.15, 0.2) is 485 Å². The Balaban J connectivity index is 0.000000193. The minimum absolute atomic E-state index is 0. The first-order valence-corrected chi connectivity index (χ1v) is 52.0. The average molecular weight is 1630 g/mol. The number of rotatable bonds is 26. The molecule has 0 radical (unpaired) electrons. The maximum absolute atomic E-state index is 3.03. The molecule has 0 saturated carbocycles. The summed E-state index contributed by atoms with van der Waals surface area (Å²) in [6.45, 7) is -4.63. The van der Waals surface area contributed by atoms with Crippen LogP contribution in [0, 0.1) is 0 Å². The first kappa shape index (κ1) is 81.3. The maximum atomic E-state index is 3.03. The summed E-state index contributed by atoms with van der Waals surface area (Å²) < 4.78 is 0. The molecule has 0 unspecified atom stereocenters. The minimum Gasteiger partial charge on any atom is -1.00 e. The first-order valence-electron chi connectivity index (χ1n) is 37.7. The van der Waals surface area contributed by atoms with Gasteiger partial charge in [0, 0.05) is 11.8 Å². The molecule has 0 aliphatic rings. The molecule has 0 spiro atoms. The number of hydrogen-bond donors (Lipinski definition) is 0. The van der Waals surface area contributed by atoms with Gasteiger partial charge in [0.15, 0.2) is 0 Å². The van der Waals surface area contributed by atoms with E-state index in [0.717, 1.165) is 23.6 Å². The Labute approximate surface area is 684 Å². The van der Waals surface area contributed by atoms with Crippen LogP contribution in [0.4, 0.5) is 0 Å². The van der Waals surface area contributed by atoms with E-state index >= 15 is 0 Å². The lowest BCUT2D eigenvalue weighted by atomic mass is 10.4. The van der Waals surface area contributed by atoms with E-state index in [2.05, 4.69) is 496 Å². The second-order valence-electron chi connectivity index (χ2n) is 27.4. The summed E-state index contributed by atoms with van der Waals surface area (Å²) >= 11 is 0. The van der Waals surface area contributed by atoms with Gasteiger partial charge in [-0.15, -0.1) is 0 Å². The fourth-order valence-electron chi connectivity index (χ4n) is 15.2. The Hall–Kier alpha value is -8.72. The Morgan fingerprint density at radius 1 is 0.170 bits per heavy atom. The van der Waals surface area contributed by atoms with Crippen LogP contribution < -0.4 is 110 Å². The summed E-state index contributed by atoms with van der Waals surface area (Å²) in [5.41, 5.74) is 6.05. The van der Waals surface area contributed by atoms with Gasteiger partial charge >= 0.3 is 0 Å². The van der Waals surface area contributed by atoms with Crippen molar-refractivity contribution in [3.63, 3.8) is 0 Å². The van der Waals surface area contributed by atoms with Gasteiger partial charge in [-0.1, -0.05) is 437 Å². The molecular weight excluding hydrogens is 1540 g/mol. The van der Waals surface area contributed by atoms with Crippen LogP contribution in [0.1, 0.15) is 0 Å². The molecular formula is C102H90Cl2P8. The van der Waals surface area contributed by atoms with Crippen molar-refractivity contribution in [2.45, 2.75) is 0 Å². The van der Waals surface area contributed by atoms with Gasteiger partial charge in [0.2, 0.25) is 0 Å². The lowest BCUT2D eigenvalue weighted by Gasteiger charge is -2.36. The third kappa shape index (κ3) is 19.0. The van der Waals surface area contributed by atoms with E-state index in [9.17, 15) is 0 Å². The highest BCUT2D eigenvalue weighted by Crippen LogP contribution is 2.71. The van der Waals surface area contributed by atoms with Gasteiger partial charge in [-0.3, -0.25) is 0 Å². The average Bonchev–Trinajstić information content (AvgIpc) is 0.734. The summed E-state index contributed by atoms with van der Waals surface area (Å²) in [5.74, 6) is 4.17. The zero-order chi connectivity index (χ0) is 74.4. The lowest BCUT2D eigenvalue weighted by Crippen LogP contribution is -3.00. The number of hydrogen-bond acceptors (Lipinski definition) is 0. The molecule has 16 rings (SSSR count). The van der Waals surface area contributed by atoms with Gasteiger partial charge in [0.25, 0.3) is 0 Å². The van der Waals surface area contributed by atoms with Crippen LogP contribution in [0.5, 0.6) is 0 Å². The smallest absolute Gasteiger partial charge is 0.110 e. The summed E-state index contributed by atoms with van der Waals surface area (Å²) in [7, 11) is -7.61. The lowest BCUT2D eigenvalue weighted by molar-refractivity contribution is -0.00100. The highest BCUT2D eigenvalue weighted by atomic mass is 35.5. The van der Waals surface area contributed by atoms with Gasteiger partial charge in [-0.25, -0.2) is 0 Å². The van der Waals surface area contributed by atoms with Gasteiger partial charge < -0.3 is 24.8 Å². The molecule has 0 N–H and O–H groups in total. The first-order chi connectivity index (χ1) is 54.5. The molecule has 0 heterocycles. The molecule has 112 heavy (non-hydrogen) atoms. The predicted molar refractivity (Wildman–Crippen MR) is 504 cm³/mol. The third-order valence-corrected chi connectivity index (χ3v) is 55.6. The van der Waals surface area contributed by atoms with Crippen molar-refractivity contribution in [3.8, 4) is 0 Å². The van der Waals surface area contributed by atoms with E-state index in [1.54, 1.807) is 0 Å². The normalized spacial score (nSPS) is 11.5. The zero-order valence-electron chi connectivity index (χ0n) is 62.5. The molecule has 552 valence electrons. The molecule has 0 aromatic heterocycles. The number of benzene rings is 16. The van der Waals surface area contributed by atoms with Crippen molar-refractivity contribution in [2.75, 3.05) is 23.6 Å². The fraction of sp³-hybridized carbons (Fsp3) is 0.0392. The molecule has 0 aliphatic heterocycles. The van der Waals surface area contributed by atoms with Crippen molar-refractivity contribution < 1.29 is 24.8 Å². The van der Waals surface area contributed by atoms with Crippen molar-refractivity contribution in [1.29, 1.82) is 0 Å². The molecule has 16 aromatic carbocycles. The molecule has 0 saturated heterocycles. The van der Waals surface area contributed by atoms with E-state index in [1.807, 2.05) is 0 Å². The summed E-state index contributed by atoms with van der Waals surface area (Å²) in [6.07, 6.45) is 0. The van der Waals surface area contributed by atoms with Gasteiger partial charge in [-0.05, 0) is 158 Å². The molecule has 0 amide bonds. The summed E-state index contributed by atoms with van der Waals surface area (Å²) in [5, 5.41) is 22.9. The Bertz CT molecular complexity index is 4860. The van der Waals surface area contributed by atoms with Crippen LogP contribution >= 0.6 is 60.0 Å². The second-order valence-corrected chi connectivity index (χ2v) is 52.4. The summed E-state index contributed by atoms with van der Waals surface area (Å²) in [4.78, 5) is 0. The van der Waals surface area contributed by atoms with Crippen LogP contribution in [-0.2, 0) is 0 Å². The summed E-state index contributed by atoms with van der Waals surface area (Å²) in [6, 6.07) is 183. The van der Waals surface area contributed by atoms with E-state index in [1.165, 1.54) is 84.9 Å². The van der Waals surface area contributed by atoms with E-state index in [4.69, 9.17) is 0 Å². The van der Waals surface area contributed by atoms with E-state index in [-0.39, 0.29) is 24.8 Å². The van der Waals surface area contributed by atoms with Gasteiger partial charge in [-0.2, -0.15) is 0 Å². The highest BCUT2D eigenvalue weighted by molar-refractivity contribution is 8.18. The van der Waals surface area contributed by atoms with Crippen molar-refractivity contribution >= 4 is 156 Å². The zero-order valence-corrected chi connectivity index (χ0v) is 71.2. The SMILES string of the molecule is C(=P(CP(c1ccccc1)c1ccccc1)(c1ccccc1)c1ccccc1)[P+](CP(c1ccccc1)c1ccccc1)(c1ccccc1)c1ccccc1.C(=P(CP(c1ccccc1)c1ccccc1)(c1ccccc1)c1ccccc1)[P+](CP(c1ccccc1)c1ccccc1)(c1ccccc1)c1ccccc1.[Cl-].[Cl-]. The molecule has 0 atom stereocenters. The Kier molecular flexibility index (Phi) is 29.3. The maximum Gasteiger partial charge on any atom is 0.110 e. The molecule has 0 fully saturated rings. The molecule has 0 aliphatic carbocycles. The van der Waals surface area contributed by atoms with E-state index in [0.29, 0.717) is 0 Å². The highest BCUT2D eigenvalue weighted by Gasteiger charge is 2.50. The Morgan fingerprint density at radius 2 is 0.304 bits per heavy atom. The van der Waals surface area contributed by atoms with Crippen LogP contribution in [0.3, 0.4) is 0 Å². The molecule has 16 aromatic rings. The standard InChI is InChI=1S/2C51H45P4.2ClH/c2*1-9-25-44(26-10-1)52(45-27-11-2-12-28-45)41-54(48-33-17-5-18-34-48,49-35-19-6-20-36-49)43-55(50-37-21-7-22-38-50,51-39-23-8-24-40-51)42-53(46-29-13-3-14-30-46)47-31-15-4-16-32-47;;/h2*1-40,43H,41-42H2;2*1H/q2*+1;;/p-2. The van der Waals surface area contributed by atoms with Crippen molar-refractivity contribution in [1.82, 2.24) is 0 Å². The predicted octanol–water partition coefficient (Wildman–Crippen LogP) is 14.5. The van der Waals surface area contributed by atoms with E-state index < -0.39 is 60.0 Å². The topological polar surface area (TPSA) is 0 Å². The monoisotopic (exact) mass is 1630 g/mol. The number of halogens is 2. The third-order valence-electron chi connectivity index (χ3n) is 20.5. The Morgan fingerprint density at radius 3 is 0.464 bits per heavy atom.